The highest BCUT2D eigenvalue weighted by Gasteiger charge is 2.19. The van der Waals surface area contributed by atoms with Crippen molar-refractivity contribution >= 4 is 18.1 Å². The van der Waals surface area contributed by atoms with E-state index < -0.39 is 0 Å². The predicted molar refractivity (Wildman–Crippen MR) is 83.6 cm³/mol. The lowest BCUT2D eigenvalue weighted by atomic mass is 9.90. The summed E-state index contributed by atoms with van der Waals surface area (Å²) in [5.74, 6) is 0. The lowest BCUT2D eigenvalue weighted by Gasteiger charge is -2.28. The summed E-state index contributed by atoms with van der Waals surface area (Å²) >= 11 is 0. The van der Waals surface area contributed by atoms with Crippen molar-refractivity contribution in [2.45, 2.75) is 13.0 Å². The molecule has 0 unspecified atom stereocenters. The van der Waals surface area contributed by atoms with Gasteiger partial charge in [0, 0.05) is 18.8 Å². The zero-order chi connectivity index (χ0) is 12.5. The molecule has 0 atom stereocenters. The van der Waals surface area contributed by atoms with E-state index in [-0.39, 0.29) is 12.4 Å². The molecule has 1 aliphatic rings. The molecule has 100 valence electrons. The van der Waals surface area contributed by atoms with Crippen LogP contribution in [0, 0.1) is 0 Å². The van der Waals surface area contributed by atoms with Gasteiger partial charge in [0.1, 0.15) is 0 Å². The van der Waals surface area contributed by atoms with E-state index in [1.54, 1.807) is 0 Å². The van der Waals surface area contributed by atoms with Crippen molar-refractivity contribution in [1.29, 1.82) is 0 Å². The lowest BCUT2D eigenvalue weighted by Crippen LogP contribution is -2.27. The maximum atomic E-state index is 6.12. The highest BCUT2D eigenvalue weighted by atomic mass is 35.5. The van der Waals surface area contributed by atoms with Crippen LogP contribution in [0.15, 0.2) is 42.5 Å². The molecule has 2 aromatic carbocycles. The largest absolute Gasteiger partial charge is 0.398 e. The standard InChI is InChI=1S/C16H18N2.ClH/c1-18-10-9-14-13(12-5-3-2-4-6-12)7-8-16(17)15(14)11-18;/h2-8H,9-11,17H2,1H3;1H. The van der Waals surface area contributed by atoms with E-state index in [1.165, 1.54) is 22.3 Å². The molecular formula is C16H19ClN2. The van der Waals surface area contributed by atoms with Gasteiger partial charge in [-0.1, -0.05) is 36.4 Å². The zero-order valence-corrected chi connectivity index (χ0v) is 11.9. The van der Waals surface area contributed by atoms with E-state index >= 15 is 0 Å². The van der Waals surface area contributed by atoms with Crippen LogP contribution in [0.25, 0.3) is 11.1 Å². The van der Waals surface area contributed by atoms with Crippen LogP contribution >= 0.6 is 12.4 Å². The van der Waals surface area contributed by atoms with Crippen molar-refractivity contribution in [1.82, 2.24) is 4.90 Å². The third-order valence-corrected chi connectivity index (χ3v) is 3.72. The molecule has 0 radical (unpaired) electrons. The first kappa shape index (κ1) is 13.9. The molecule has 3 rings (SSSR count). The molecule has 3 heteroatoms. The van der Waals surface area contributed by atoms with Crippen LogP contribution in [0.5, 0.6) is 0 Å². The monoisotopic (exact) mass is 274 g/mol. The Kier molecular flexibility index (Phi) is 4.13. The van der Waals surface area contributed by atoms with Gasteiger partial charge < -0.3 is 10.6 Å². The van der Waals surface area contributed by atoms with Gasteiger partial charge in [-0.15, -0.1) is 12.4 Å². The Balaban J connectivity index is 0.00000133. The van der Waals surface area contributed by atoms with Crippen LogP contribution < -0.4 is 5.73 Å². The van der Waals surface area contributed by atoms with Gasteiger partial charge in [-0.2, -0.15) is 0 Å². The van der Waals surface area contributed by atoms with E-state index in [0.29, 0.717) is 0 Å². The smallest absolute Gasteiger partial charge is 0.0362 e. The van der Waals surface area contributed by atoms with Crippen LogP contribution in [0.3, 0.4) is 0 Å². The second-order valence-corrected chi connectivity index (χ2v) is 5.01. The van der Waals surface area contributed by atoms with Gasteiger partial charge in [0.05, 0.1) is 0 Å². The third kappa shape index (κ3) is 2.60. The summed E-state index contributed by atoms with van der Waals surface area (Å²) in [6, 6.07) is 14.8. The molecule has 19 heavy (non-hydrogen) atoms. The van der Waals surface area contributed by atoms with Crippen molar-refractivity contribution in [3.05, 3.63) is 53.6 Å². The molecule has 2 aromatic rings. The summed E-state index contributed by atoms with van der Waals surface area (Å²) in [5, 5.41) is 0. The molecular weight excluding hydrogens is 256 g/mol. The molecule has 1 heterocycles. The highest BCUT2D eigenvalue weighted by Crippen LogP contribution is 2.33. The maximum Gasteiger partial charge on any atom is 0.0362 e. The molecule has 2 N–H and O–H groups in total. The summed E-state index contributed by atoms with van der Waals surface area (Å²) in [5.41, 5.74) is 12.4. The van der Waals surface area contributed by atoms with Crippen molar-refractivity contribution in [3.63, 3.8) is 0 Å². The quantitative estimate of drug-likeness (QED) is 0.808. The molecule has 0 amide bonds. The normalized spacial score (nSPS) is 14.6. The number of hydrogen-bond acceptors (Lipinski definition) is 2. The second kappa shape index (κ2) is 5.64. The zero-order valence-electron chi connectivity index (χ0n) is 11.1. The average Bonchev–Trinajstić information content (AvgIpc) is 2.41. The maximum absolute atomic E-state index is 6.12. The summed E-state index contributed by atoms with van der Waals surface area (Å²) in [6.07, 6.45) is 1.08. The average molecular weight is 275 g/mol. The lowest BCUT2D eigenvalue weighted by molar-refractivity contribution is 0.314. The number of nitrogens with two attached hydrogens (primary N) is 1. The Hall–Kier alpha value is -1.51. The number of rotatable bonds is 1. The molecule has 0 bridgehead atoms. The molecule has 0 saturated heterocycles. The summed E-state index contributed by atoms with van der Waals surface area (Å²) in [4.78, 5) is 2.33. The summed E-state index contributed by atoms with van der Waals surface area (Å²) in [6.45, 7) is 2.07. The number of halogens is 1. The van der Waals surface area contributed by atoms with E-state index in [1.807, 2.05) is 6.07 Å². The first-order valence-electron chi connectivity index (χ1n) is 6.40. The topological polar surface area (TPSA) is 29.3 Å². The van der Waals surface area contributed by atoms with Crippen LogP contribution in [-0.2, 0) is 13.0 Å². The SMILES string of the molecule is CN1CCc2c(-c3ccccc3)ccc(N)c2C1.Cl. The van der Waals surface area contributed by atoms with Gasteiger partial charge in [0.25, 0.3) is 0 Å². The van der Waals surface area contributed by atoms with Crippen molar-refractivity contribution in [2.24, 2.45) is 0 Å². The van der Waals surface area contributed by atoms with Gasteiger partial charge in [-0.05, 0) is 41.8 Å². The van der Waals surface area contributed by atoms with Crippen LogP contribution in [0.4, 0.5) is 5.69 Å². The van der Waals surface area contributed by atoms with Crippen LogP contribution in [0.2, 0.25) is 0 Å². The van der Waals surface area contributed by atoms with E-state index in [9.17, 15) is 0 Å². The van der Waals surface area contributed by atoms with Gasteiger partial charge >= 0.3 is 0 Å². The van der Waals surface area contributed by atoms with E-state index in [4.69, 9.17) is 5.73 Å². The molecule has 0 spiro atoms. The Labute approximate surface area is 120 Å². The third-order valence-electron chi connectivity index (χ3n) is 3.72. The van der Waals surface area contributed by atoms with E-state index in [0.717, 1.165) is 25.2 Å². The number of benzene rings is 2. The molecule has 0 fully saturated rings. The minimum absolute atomic E-state index is 0. The van der Waals surface area contributed by atoms with E-state index in [2.05, 4.69) is 48.3 Å². The van der Waals surface area contributed by atoms with Crippen molar-refractivity contribution < 1.29 is 0 Å². The Bertz CT molecular complexity index is 566. The Morgan fingerprint density at radius 1 is 1.00 bits per heavy atom. The molecule has 0 aromatic heterocycles. The summed E-state index contributed by atoms with van der Waals surface area (Å²) < 4.78 is 0. The minimum atomic E-state index is 0. The first-order valence-corrected chi connectivity index (χ1v) is 6.40. The van der Waals surface area contributed by atoms with Crippen molar-refractivity contribution in [2.75, 3.05) is 19.3 Å². The van der Waals surface area contributed by atoms with Crippen LogP contribution in [0.1, 0.15) is 11.1 Å². The second-order valence-electron chi connectivity index (χ2n) is 5.01. The fraction of sp³-hybridized carbons (Fsp3) is 0.250. The van der Waals surface area contributed by atoms with Crippen molar-refractivity contribution in [3.8, 4) is 11.1 Å². The number of fused-ring (bicyclic) bond motifs is 1. The number of hydrogen-bond donors (Lipinski definition) is 1. The van der Waals surface area contributed by atoms with Gasteiger partial charge in [0.2, 0.25) is 0 Å². The molecule has 1 aliphatic heterocycles. The molecule has 0 saturated carbocycles. The first-order chi connectivity index (χ1) is 8.75. The Morgan fingerprint density at radius 2 is 1.74 bits per heavy atom. The number of nitrogens with zero attached hydrogens (tertiary/aromatic N) is 1. The fourth-order valence-electron chi connectivity index (χ4n) is 2.72. The number of anilines is 1. The molecule has 0 aliphatic carbocycles. The van der Waals surface area contributed by atoms with Gasteiger partial charge in [-0.3, -0.25) is 0 Å². The predicted octanol–water partition coefficient (Wildman–Crippen LogP) is 3.35. The van der Waals surface area contributed by atoms with Gasteiger partial charge in [0.15, 0.2) is 0 Å². The number of likely N-dealkylation sites (N-methyl/N-ethyl adjacent to an activating group) is 1. The summed E-state index contributed by atoms with van der Waals surface area (Å²) in [7, 11) is 2.15. The van der Waals surface area contributed by atoms with Crippen LogP contribution in [-0.4, -0.2) is 18.5 Å². The minimum Gasteiger partial charge on any atom is -0.398 e. The number of nitrogen functional groups attached to an aromatic ring is 1. The van der Waals surface area contributed by atoms with Gasteiger partial charge in [-0.25, -0.2) is 0 Å². The fourth-order valence-corrected chi connectivity index (χ4v) is 2.72. The molecule has 2 nitrogen and oxygen atoms in total. The highest BCUT2D eigenvalue weighted by molar-refractivity contribution is 5.85. The Morgan fingerprint density at radius 3 is 2.47 bits per heavy atom.